The van der Waals surface area contributed by atoms with Crippen molar-refractivity contribution in [2.75, 3.05) is 5.32 Å². The van der Waals surface area contributed by atoms with Crippen molar-refractivity contribution in [2.45, 2.75) is 76.0 Å². The second kappa shape index (κ2) is 6.12. The summed E-state index contributed by atoms with van der Waals surface area (Å²) in [6, 6.07) is 4.53. The van der Waals surface area contributed by atoms with E-state index in [-0.39, 0.29) is 11.2 Å². The van der Waals surface area contributed by atoms with E-state index in [0.717, 1.165) is 24.1 Å². The summed E-state index contributed by atoms with van der Waals surface area (Å²) < 4.78 is 25.7. The van der Waals surface area contributed by atoms with E-state index in [2.05, 4.69) is 25.2 Å². The number of fused-ring (bicyclic) bond motifs is 2. The molecule has 0 fully saturated rings. The highest BCUT2D eigenvalue weighted by molar-refractivity contribution is 7.92. The topological polar surface area (TPSA) is 46.2 Å². The molecule has 1 aromatic carbocycles. The molecule has 3 rings (SSSR count). The molecule has 2 aliphatic rings. The minimum absolute atomic E-state index is 0.159. The maximum absolute atomic E-state index is 12.9. The number of anilines is 1. The monoisotopic (exact) mass is 335 g/mol. The fourth-order valence-corrected chi connectivity index (χ4v) is 6.21. The van der Waals surface area contributed by atoms with Crippen LogP contribution in [0.2, 0.25) is 0 Å². The molecular weight excluding hydrogens is 306 g/mol. The van der Waals surface area contributed by atoms with Gasteiger partial charge in [0.25, 0.3) is 0 Å². The highest BCUT2D eigenvalue weighted by Gasteiger charge is 2.39. The summed E-state index contributed by atoms with van der Waals surface area (Å²) in [6.45, 7) is 8.49. The number of aryl methyl sites for hydroxylation is 1. The summed E-state index contributed by atoms with van der Waals surface area (Å²) in [5.41, 5.74) is 3.38. The maximum atomic E-state index is 12.9. The number of rotatable bonds is 2. The number of hydrogen-bond acceptors (Lipinski definition) is 3. The van der Waals surface area contributed by atoms with Gasteiger partial charge in [-0.15, -0.1) is 0 Å². The first kappa shape index (κ1) is 16.8. The Morgan fingerprint density at radius 1 is 1.04 bits per heavy atom. The van der Waals surface area contributed by atoms with Crippen LogP contribution in [0.25, 0.3) is 0 Å². The lowest BCUT2D eigenvalue weighted by Gasteiger charge is -2.28. The molecule has 1 N–H and O–H groups in total. The normalized spacial score (nSPS) is 26.3. The van der Waals surface area contributed by atoms with E-state index in [0.29, 0.717) is 23.3 Å². The third-order valence-corrected chi connectivity index (χ3v) is 8.01. The Hall–Kier alpha value is -1.03. The van der Waals surface area contributed by atoms with Gasteiger partial charge >= 0.3 is 0 Å². The lowest BCUT2D eigenvalue weighted by Crippen LogP contribution is -2.27. The molecule has 0 spiro atoms. The molecule has 0 amide bonds. The zero-order valence-electron chi connectivity index (χ0n) is 14.7. The molecule has 128 valence electrons. The summed E-state index contributed by atoms with van der Waals surface area (Å²) >= 11 is 0. The van der Waals surface area contributed by atoms with Crippen LogP contribution in [0.4, 0.5) is 5.69 Å². The van der Waals surface area contributed by atoms with Crippen LogP contribution in [0.3, 0.4) is 0 Å². The summed E-state index contributed by atoms with van der Waals surface area (Å²) in [7, 11) is -3.18. The summed E-state index contributed by atoms with van der Waals surface area (Å²) in [6.07, 6.45) is 5.31. The number of sulfone groups is 1. The lowest BCUT2D eigenvalue weighted by molar-refractivity contribution is 0.466. The maximum Gasteiger partial charge on any atom is 0.182 e. The summed E-state index contributed by atoms with van der Waals surface area (Å²) in [4.78, 5) is 0.575. The predicted octanol–water partition coefficient (Wildman–Crippen LogP) is 4.20. The van der Waals surface area contributed by atoms with Gasteiger partial charge in [-0.05, 0) is 54.7 Å². The van der Waals surface area contributed by atoms with E-state index >= 15 is 0 Å². The van der Waals surface area contributed by atoms with Crippen molar-refractivity contribution in [2.24, 2.45) is 11.8 Å². The Bertz CT molecular complexity index is 692. The van der Waals surface area contributed by atoms with Crippen molar-refractivity contribution < 1.29 is 8.42 Å². The van der Waals surface area contributed by atoms with E-state index in [1.165, 1.54) is 18.4 Å². The minimum Gasteiger partial charge on any atom is -0.382 e. The average molecular weight is 336 g/mol. The molecule has 2 heterocycles. The van der Waals surface area contributed by atoms with Crippen molar-refractivity contribution >= 4 is 15.5 Å². The molecule has 0 radical (unpaired) electrons. The highest BCUT2D eigenvalue weighted by atomic mass is 32.2. The third kappa shape index (κ3) is 3.02. The SMILES string of the molecule is CC(C)C1CCCCc2cc3c(cc2N1)S(=O)(=O)C(C(C)C)C3. The predicted molar refractivity (Wildman–Crippen MR) is 95.8 cm³/mol. The van der Waals surface area contributed by atoms with E-state index in [1.54, 1.807) is 0 Å². The van der Waals surface area contributed by atoms with Gasteiger partial charge in [0, 0.05) is 11.7 Å². The van der Waals surface area contributed by atoms with Gasteiger partial charge < -0.3 is 5.32 Å². The van der Waals surface area contributed by atoms with E-state index in [1.807, 2.05) is 19.9 Å². The van der Waals surface area contributed by atoms with Crippen molar-refractivity contribution in [3.8, 4) is 0 Å². The Morgan fingerprint density at radius 2 is 1.78 bits per heavy atom. The Balaban J connectivity index is 2.04. The van der Waals surface area contributed by atoms with Crippen LogP contribution in [-0.4, -0.2) is 19.7 Å². The van der Waals surface area contributed by atoms with E-state index in [9.17, 15) is 8.42 Å². The van der Waals surface area contributed by atoms with Crippen molar-refractivity contribution in [1.29, 1.82) is 0 Å². The molecule has 2 atom stereocenters. The zero-order valence-corrected chi connectivity index (χ0v) is 15.5. The van der Waals surface area contributed by atoms with Crippen molar-refractivity contribution in [3.05, 3.63) is 23.3 Å². The first-order valence-electron chi connectivity index (χ1n) is 8.97. The van der Waals surface area contributed by atoms with E-state index < -0.39 is 9.84 Å². The zero-order chi connectivity index (χ0) is 16.8. The second-order valence-corrected chi connectivity index (χ2v) is 10.0. The quantitative estimate of drug-likeness (QED) is 0.881. The Labute approximate surface area is 140 Å². The van der Waals surface area contributed by atoms with Crippen molar-refractivity contribution in [3.63, 3.8) is 0 Å². The standard InChI is InChI=1S/C19H29NO2S/c1-12(2)16-8-6-5-7-14-9-15-10-18(13(3)4)23(21,22)19(15)11-17(14)20-16/h9,11-13,16,18,20H,5-8,10H2,1-4H3. The molecule has 3 nitrogen and oxygen atoms in total. The number of benzene rings is 1. The molecule has 23 heavy (non-hydrogen) atoms. The van der Waals surface area contributed by atoms with Crippen LogP contribution >= 0.6 is 0 Å². The van der Waals surface area contributed by atoms with Crippen LogP contribution < -0.4 is 5.32 Å². The highest BCUT2D eigenvalue weighted by Crippen LogP contribution is 2.39. The van der Waals surface area contributed by atoms with E-state index in [4.69, 9.17) is 0 Å². The number of nitrogens with one attached hydrogen (secondary N) is 1. The van der Waals surface area contributed by atoms with Gasteiger partial charge in [-0.2, -0.15) is 0 Å². The summed E-state index contributed by atoms with van der Waals surface area (Å²) in [5, 5.41) is 3.39. The molecule has 2 aliphatic heterocycles. The van der Waals surface area contributed by atoms with Gasteiger partial charge in [0.2, 0.25) is 0 Å². The molecule has 0 aliphatic carbocycles. The Kier molecular flexibility index (Phi) is 4.47. The van der Waals surface area contributed by atoms with Gasteiger partial charge in [0.1, 0.15) is 0 Å². The van der Waals surface area contributed by atoms with Crippen LogP contribution in [0.15, 0.2) is 17.0 Å². The average Bonchev–Trinajstić information content (AvgIpc) is 2.69. The molecule has 1 aromatic rings. The van der Waals surface area contributed by atoms with Crippen LogP contribution in [-0.2, 0) is 22.7 Å². The summed E-state index contributed by atoms with van der Waals surface area (Å²) in [5.74, 6) is 0.709. The number of hydrogen-bond donors (Lipinski definition) is 1. The second-order valence-electron chi connectivity index (χ2n) is 7.89. The Morgan fingerprint density at radius 3 is 2.43 bits per heavy atom. The molecule has 2 unspecified atom stereocenters. The molecule has 4 heteroatoms. The molecular formula is C19H29NO2S. The van der Waals surface area contributed by atoms with Gasteiger partial charge in [-0.1, -0.05) is 40.2 Å². The fraction of sp³-hybridized carbons (Fsp3) is 0.684. The molecule has 0 saturated carbocycles. The van der Waals surface area contributed by atoms with Crippen molar-refractivity contribution in [1.82, 2.24) is 0 Å². The van der Waals surface area contributed by atoms with Crippen LogP contribution in [0.5, 0.6) is 0 Å². The third-order valence-electron chi connectivity index (χ3n) is 5.51. The molecule has 0 saturated heterocycles. The largest absolute Gasteiger partial charge is 0.382 e. The van der Waals surface area contributed by atoms with Gasteiger partial charge in [-0.3, -0.25) is 0 Å². The molecule has 0 aromatic heterocycles. The van der Waals surface area contributed by atoms with Gasteiger partial charge in [0.05, 0.1) is 10.1 Å². The van der Waals surface area contributed by atoms with Crippen LogP contribution in [0, 0.1) is 11.8 Å². The first-order valence-corrected chi connectivity index (χ1v) is 10.5. The van der Waals surface area contributed by atoms with Gasteiger partial charge in [-0.25, -0.2) is 8.42 Å². The van der Waals surface area contributed by atoms with Crippen LogP contribution in [0.1, 0.15) is 58.1 Å². The smallest absolute Gasteiger partial charge is 0.182 e. The first-order chi connectivity index (χ1) is 10.8. The lowest BCUT2D eigenvalue weighted by atomic mass is 9.92. The molecule has 0 bridgehead atoms. The fourth-order valence-electron chi connectivity index (χ4n) is 3.98. The van der Waals surface area contributed by atoms with Gasteiger partial charge in [0.15, 0.2) is 9.84 Å². The minimum atomic E-state index is -3.18.